The van der Waals surface area contributed by atoms with Crippen LogP contribution in [0.25, 0.3) is 0 Å². The second-order valence-corrected chi connectivity index (χ2v) is 3.35. The van der Waals surface area contributed by atoms with Crippen LogP contribution in [0.2, 0.25) is 0 Å². The molecule has 2 N–H and O–H groups in total. The average Bonchev–Trinajstić information content (AvgIpc) is 2.16. The van der Waals surface area contributed by atoms with Crippen LogP contribution >= 0.6 is 0 Å². The van der Waals surface area contributed by atoms with Gasteiger partial charge in [0.05, 0.1) is 6.61 Å². The summed E-state index contributed by atoms with van der Waals surface area (Å²) < 4.78 is 29.0. The summed E-state index contributed by atoms with van der Waals surface area (Å²) in [7, 11) is 0. The van der Waals surface area contributed by atoms with Gasteiger partial charge in [-0.05, 0) is 25.3 Å². The molecule has 0 bridgehead atoms. The summed E-state index contributed by atoms with van der Waals surface area (Å²) in [6, 6.07) is 0. The van der Waals surface area contributed by atoms with Gasteiger partial charge in [0.2, 0.25) is 0 Å². The second kappa shape index (κ2) is 4.65. The van der Waals surface area contributed by atoms with Crippen molar-refractivity contribution < 1.29 is 23.4 Å². The lowest BCUT2D eigenvalue weighted by Gasteiger charge is -2.23. The van der Waals surface area contributed by atoms with E-state index >= 15 is 0 Å². The number of carbonyl (C=O) groups is 1. The fourth-order valence-electron chi connectivity index (χ4n) is 1.35. The van der Waals surface area contributed by atoms with E-state index in [1.54, 1.807) is 0 Å². The Balaban J connectivity index is 2.28. The Morgan fingerprint density at radius 1 is 1.64 bits per heavy atom. The van der Waals surface area contributed by atoms with Crippen LogP contribution in [0.3, 0.4) is 0 Å². The van der Waals surface area contributed by atoms with E-state index < -0.39 is 12.1 Å². The smallest absolute Gasteiger partial charge is 0.455 e. The number of carboxylic acid groups (broad SMARTS) is 1. The summed E-state index contributed by atoms with van der Waals surface area (Å²) in [6.45, 7) is 1.27. The Morgan fingerprint density at radius 3 is 2.86 bits per heavy atom. The molecule has 82 valence electrons. The molecular weight excluding hydrogens is 196 g/mol. The van der Waals surface area contributed by atoms with E-state index in [9.17, 15) is 13.6 Å². The van der Waals surface area contributed by atoms with Crippen LogP contribution in [0.1, 0.15) is 12.8 Å². The normalized spacial score (nSPS) is 23.4. The summed E-state index contributed by atoms with van der Waals surface area (Å²) >= 11 is 0. The molecule has 4 nitrogen and oxygen atoms in total. The third kappa shape index (κ3) is 3.19. The molecule has 1 aliphatic heterocycles. The van der Waals surface area contributed by atoms with Crippen LogP contribution < -0.4 is 5.32 Å². The molecule has 1 aliphatic rings. The van der Waals surface area contributed by atoms with Gasteiger partial charge in [0.1, 0.15) is 0 Å². The zero-order chi connectivity index (χ0) is 10.6. The number of hydrogen-bond donors (Lipinski definition) is 2. The van der Waals surface area contributed by atoms with Gasteiger partial charge in [-0.1, -0.05) is 0 Å². The summed E-state index contributed by atoms with van der Waals surface area (Å²) in [5, 5.41) is 11.1. The van der Waals surface area contributed by atoms with Crippen molar-refractivity contribution in [2.24, 2.45) is 5.92 Å². The third-order valence-electron chi connectivity index (χ3n) is 2.15. The summed E-state index contributed by atoms with van der Waals surface area (Å²) in [4.78, 5) is 10.0. The standard InChI is InChI=1S/C8H13F2NO3/c9-8(10,7(12)13)14-5-6-2-1-3-11-4-6/h6,11H,1-5H2,(H,12,13). The lowest BCUT2D eigenvalue weighted by atomic mass is 10.0. The SMILES string of the molecule is O=C(O)C(F)(F)OCC1CCCNC1. The molecule has 6 heteroatoms. The van der Waals surface area contributed by atoms with Gasteiger partial charge in [0.25, 0.3) is 0 Å². The first-order valence-corrected chi connectivity index (χ1v) is 4.48. The summed E-state index contributed by atoms with van der Waals surface area (Å²) in [6.07, 6.45) is -2.35. The van der Waals surface area contributed by atoms with Crippen molar-refractivity contribution >= 4 is 5.97 Å². The van der Waals surface area contributed by atoms with E-state index in [1.165, 1.54) is 0 Å². The van der Waals surface area contributed by atoms with Crippen molar-refractivity contribution in [2.45, 2.75) is 19.0 Å². The molecule has 0 aliphatic carbocycles. The summed E-state index contributed by atoms with van der Waals surface area (Å²) in [5.74, 6) is -2.25. The molecule has 1 unspecified atom stereocenters. The van der Waals surface area contributed by atoms with E-state index in [-0.39, 0.29) is 12.5 Å². The average molecular weight is 209 g/mol. The van der Waals surface area contributed by atoms with Gasteiger partial charge in [0.15, 0.2) is 0 Å². The minimum Gasteiger partial charge on any atom is -0.475 e. The fraction of sp³-hybridized carbons (Fsp3) is 0.875. The quantitative estimate of drug-likeness (QED) is 0.714. The number of ether oxygens (including phenoxy) is 1. The van der Waals surface area contributed by atoms with Crippen molar-refractivity contribution in [1.82, 2.24) is 5.32 Å². The number of aliphatic carboxylic acids is 1. The molecule has 1 rings (SSSR count). The molecular formula is C8H13F2NO3. The Labute approximate surface area is 80.2 Å². The zero-order valence-corrected chi connectivity index (χ0v) is 7.63. The second-order valence-electron chi connectivity index (χ2n) is 3.35. The van der Waals surface area contributed by atoms with Gasteiger partial charge >= 0.3 is 12.1 Å². The molecule has 0 radical (unpaired) electrons. The molecule has 1 saturated heterocycles. The number of nitrogens with one attached hydrogen (secondary N) is 1. The molecule has 0 saturated carbocycles. The van der Waals surface area contributed by atoms with Crippen molar-refractivity contribution in [3.63, 3.8) is 0 Å². The van der Waals surface area contributed by atoms with Crippen LogP contribution in [0.5, 0.6) is 0 Å². The first kappa shape index (κ1) is 11.3. The van der Waals surface area contributed by atoms with Crippen LogP contribution in [-0.4, -0.2) is 36.9 Å². The van der Waals surface area contributed by atoms with Crippen molar-refractivity contribution in [3.05, 3.63) is 0 Å². The highest BCUT2D eigenvalue weighted by atomic mass is 19.3. The van der Waals surface area contributed by atoms with Crippen LogP contribution in [-0.2, 0) is 9.53 Å². The molecule has 0 aromatic rings. The number of rotatable bonds is 4. The minimum absolute atomic E-state index is 0.0195. The number of hydrogen-bond acceptors (Lipinski definition) is 3. The van der Waals surface area contributed by atoms with Gasteiger partial charge in [-0.25, -0.2) is 4.79 Å². The molecule has 1 atom stereocenters. The largest absolute Gasteiger partial charge is 0.475 e. The van der Waals surface area contributed by atoms with Crippen LogP contribution in [0, 0.1) is 5.92 Å². The predicted molar refractivity (Wildman–Crippen MR) is 44.1 cm³/mol. The van der Waals surface area contributed by atoms with Gasteiger partial charge < -0.3 is 15.2 Å². The summed E-state index contributed by atoms with van der Waals surface area (Å²) in [5.41, 5.74) is 0. The van der Waals surface area contributed by atoms with Crippen molar-refractivity contribution in [2.75, 3.05) is 19.7 Å². The Kier molecular flexibility index (Phi) is 3.77. The van der Waals surface area contributed by atoms with Crippen LogP contribution in [0.15, 0.2) is 0 Å². The van der Waals surface area contributed by atoms with E-state index in [0.29, 0.717) is 6.54 Å². The Morgan fingerprint density at radius 2 is 2.36 bits per heavy atom. The molecule has 0 spiro atoms. The lowest BCUT2D eigenvalue weighted by molar-refractivity contribution is -0.249. The highest BCUT2D eigenvalue weighted by molar-refractivity contribution is 5.73. The van der Waals surface area contributed by atoms with Crippen LogP contribution in [0.4, 0.5) is 8.78 Å². The van der Waals surface area contributed by atoms with Gasteiger partial charge in [0, 0.05) is 6.54 Å². The molecule has 0 aromatic carbocycles. The van der Waals surface area contributed by atoms with E-state index in [1.807, 2.05) is 0 Å². The third-order valence-corrected chi connectivity index (χ3v) is 2.15. The molecule has 1 heterocycles. The Hall–Kier alpha value is -0.750. The van der Waals surface area contributed by atoms with Gasteiger partial charge in [-0.15, -0.1) is 0 Å². The topological polar surface area (TPSA) is 58.6 Å². The van der Waals surface area contributed by atoms with E-state index in [0.717, 1.165) is 19.4 Å². The molecule has 1 fully saturated rings. The lowest BCUT2D eigenvalue weighted by Crippen LogP contribution is -2.37. The Bertz CT molecular complexity index is 205. The number of piperidine rings is 1. The zero-order valence-electron chi connectivity index (χ0n) is 7.63. The van der Waals surface area contributed by atoms with Crippen molar-refractivity contribution in [1.29, 1.82) is 0 Å². The highest BCUT2D eigenvalue weighted by Crippen LogP contribution is 2.19. The maximum Gasteiger partial charge on any atom is 0.455 e. The molecule has 0 amide bonds. The van der Waals surface area contributed by atoms with Gasteiger partial charge in [-0.2, -0.15) is 8.78 Å². The van der Waals surface area contributed by atoms with Crippen molar-refractivity contribution in [3.8, 4) is 0 Å². The fourth-order valence-corrected chi connectivity index (χ4v) is 1.35. The van der Waals surface area contributed by atoms with Gasteiger partial charge in [-0.3, -0.25) is 0 Å². The maximum absolute atomic E-state index is 12.5. The number of halogens is 2. The highest BCUT2D eigenvalue weighted by Gasteiger charge is 2.41. The maximum atomic E-state index is 12.5. The first-order chi connectivity index (χ1) is 6.52. The minimum atomic E-state index is -4.06. The predicted octanol–water partition coefficient (Wildman–Crippen LogP) is 0.680. The first-order valence-electron chi connectivity index (χ1n) is 4.48. The van der Waals surface area contributed by atoms with E-state index in [4.69, 9.17) is 5.11 Å². The molecule has 14 heavy (non-hydrogen) atoms. The number of alkyl halides is 2. The monoisotopic (exact) mass is 209 g/mol. The number of carboxylic acids is 1. The molecule has 0 aromatic heterocycles. The van der Waals surface area contributed by atoms with E-state index in [2.05, 4.69) is 10.1 Å².